The second-order valence-electron chi connectivity index (χ2n) is 3.54. The molecule has 0 atom stereocenters. The van der Waals surface area contributed by atoms with Gasteiger partial charge >= 0.3 is 0 Å². The van der Waals surface area contributed by atoms with Gasteiger partial charge in [-0.15, -0.1) is 0 Å². The third-order valence-electron chi connectivity index (χ3n) is 2.29. The molecule has 0 heterocycles. The van der Waals surface area contributed by atoms with E-state index < -0.39 is 0 Å². The summed E-state index contributed by atoms with van der Waals surface area (Å²) in [6.07, 6.45) is 8.31. The normalized spacial score (nSPS) is 9.47. The van der Waals surface area contributed by atoms with Gasteiger partial charge in [0.1, 0.15) is 0 Å². The number of benzene rings is 2. The van der Waals surface area contributed by atoms with Gasteiger partial charge in [0.2, 0.25) is 0 Å². The molecule has 0 aliphatic carbocycles. The predicted molar refractivity (Wildman–Crippen MR) is 71.0 cm³/mol. The van der Waals surface area contributed by atoms with Gasteiger partial charge < -0.3 is 24.8 Å². The van der Waals surface area contributed by atoms with Crippen LogP contribution in [0.1, 0.15) is 11.1 Å². The van der Waals surface area contributed by atoms with Crippen molar-refractivity contribution in [3.05, 3.63) is 83.9 Å². The van der Waals surface area contributed by atoms with Crippen LogP contribution in [-0.4, -0.2) is 0 Å². The van der Waals surface area contributed by atoms with Gasteiger partial charge in [0.25, 0.3) is 0 Å². The standard InChI is InChI=1S/C16H14.2ClH.Hf/c1-3-9-15(10-4-1)13-7-8-14-16-11-5-2-6-12-16;;;/h1-14H;2*1H;/p-2. The summed E-state index contributed by atoms with van der Waals surface area (Å²) in [5.41, 5.74) is 2.44. The molecule has 0 fully saturated rings. The van der Waals surface area contributed by atoms with Gasteiger partial charge in [0, 0.05) is 25.8 Å². The molecule has 0 bridgehead atoms. The molecule has 0 saturated carbocycles. The summed E-state index contributed by atoms with van der Waals surface area (Å²) in [5.74, 6) is 0. The summed E-state index contributed by atoms with van der Waals surface area (Å²) in [4.78, 5) is 0. The van der Waals surface area contributed by atoms with Crippen LogP contribution in [0.4, 0.5) is 0 Å². The molecule has 2 aromatic carbocycles. The summed E-state index contributed by atoms with van der Waals surface area (Å²) in [6, 6.07) is 20.6. The zero-order valence-electron chi connectivity index (χ0n) is 10.3. The van der Waals surface area contributed by atoms with Crippen molar-refractivity contribution < 1.29 is 50.7 Å². The Morgan fingerprint density at radius 2 is 0.842 bits per heavy atom. The molecule has 19 heavy (non-hydrogen) atoms. The summed E-state index contributed by atoms with van der Waals surface area (Å²) in [7, 11) is 0. The number of allylic oxidation sites excluding steroid dienone is 2. The third kappa shape index (κ3) is 8.20. The molecule has 0 unspecified atom stereocenters. The Morgan fingerprint density at radius 1 is 0.526 bits per heavy atom. The second kappa shape index (κ2) is 12.4. The van der Waals surface area contributed by atoms with Gasteiger partial charge in [-0.2, -0.15) is 0 Å². The SMILES string of the molecule is C(C=Cc1ccccc1)=Cc1ccccc1.[Cl-].[Cl-].[Hf]. The maximum Gasteiger partial charge on any atom is 0 e. The van der Waals surface area contributed by atoms with Gasteiger partial charge in [-0.3, -0.25) is 0 Å². The van der Waals surface area contributed by atoms with Gasteiger partial charge in [-0.25, -0.2) is 0 Å². The van der Waals surface area contributed by atoms with Crippen molar-refractivity contribution in [3.8, 4) is 0 Å². The quantitative estimate of drug-likeness (QED) is 0.387. The molecule has 3 heteroatoms. The molecule has 0 saturated heterocycles. The Balaban J connectivity index is 0. The van der Waals surface area contributed by atoms with Crippen LogP contribution in [0.15, 0.2) is 72.8 Å². The van der Waals surface area contributed by atoms with E-state index >= 15 is 0 Å². The molecule has 2 aromatic rings. The third-order valence-corrected chi connectivity index (χ3v) is 2.29. The van der Waals surface area contributed by atoms with E-state index in [2.05, 4.69) is 48.6 Å². The maximum absolute atomic E-state index is 2.10. The van der Waals surface area contributed by atoms with Crippen molar-refractivity contribution in [3.63, 3.8) is 0 Å². The van der Waals surface area contributed by atoms with Crippen molar-refractivity contribution in [1.29, 1.82) is 0 Å². The van der Waals surface area contributed by atoms with E-state index in [1.807, 2.05) is 36.4 Å². The van der Waals surface area contributed by atoms with Gasteiger partial charge in [0.05, 0.1) is 0 Å². The topological polar surface area (TPSA) is 0 Å². The first-order valence-electron chi connectivity index (χ1n) is 5.40. The molecule has 0 radical (unpaired) electrons. The smallest absolute Gasteiger partial charge is 0 e. The van der Waals surface area contributed by atoms with Gasteiger partial charge in [-0.05, 0) is 11.1 Å². The zero-order valence-corrected chi connectivity index (χ0v) is 15.4. The van der Waals surface area contributed by atoms with Crippen molar-refractivity contribution in [2.75, 3.05) is 0 Å². The molecule has 0 nitrogen and oxygen atoms in total. The maximum atomic E-state index is 2.10. The predicted octanol–water partition coefficient (Wildman–Crippen LogP) is -1.58. The minimum Gasteiger partial charge on any atom is -1.00 e. The van der Waals surface area contributed by atoms with Crippen molar-refractivity contribution in [2.45, 2.75) is 0 Å². The number of hydrogen-bond acceptors (Lipinski definition) is 0. The fraction of sp³-hybridized carbons (Fsp3) is 0. The molecule has 2 rings (SSSR count). The van der Waals surface area contributed by atoms with E-state index in [4.69, 9.17) is 0 Å². The van der Waals surface area contributed by atoms with E-state index in [1.165, 1.54) is 11.1 Å². The van der Waals surface area contributed by atoms with Crippen LogP contribution in [0.2, 0.25) is 0 Å². The van der Waals surface area contributed by atoms with Gasteiger partial charge in [0.15, 0.2) is 0 Å². The van der Waals surface area contributed by atoms with Crippen LogP contribution in [0, 0.1) is 0 Å². The molecule has 0 amide bonds. The Kier molecular flexibility index (Phi) is 13.5. The molecule has 0 aliphatic heterocycles. The molecule has 0 aromatic heterocycles. The van der Waals surface area contributed by atoms with Crippen LogP contribution in [0.3, 0.4) is 0 Å². The van der Waals surface area contributed by atoms with Gasteiger partial charge in [-0.1, -0.05) is 85.0 Å². The molecular formula is C16H14Cl2Hf-2. The average Bonchev–Trinajstić information content (AvgIpc) is 2.37. The van der Waals surface area contributed by atoms with E-state index in [1.54, 1.807) is 0 Å². The van der Waals surface area contributed by atoms with E-state index in [9.17, 15) is 0 Å². The van der Waals surface area contributed by atoms with Crippen molar-refractivity contribution in [2.24, 2.45) is 0 Å². The summed E-state index contributed by atoms with van der Waals surface area (Å²) < 4.78 is 0. The first-order valence-corrected chi connectivity index (χ1v) is 5.40. The second-order valence-corrected chi connectivity index (χ2v) is 3.54. The summed E-state index contributed by atoms with van der Waals surface area (Å²) in [6.45, 7) is 0. The van der Waals surface area contributed by atoms with Crippen LogP contribution >= 0.6 is 0 Å². The molecule has 0 N–H and O–H groups in total. The fourth-order valence-electron chi connectivity index (χ4n) is 1.46. The van der Waals surface area contributed by atoms with Crippen LogP contribution in [-0.2, 0) is 25.8 Å². The van der Waals surface area contributed by atoms with E-state index in [-0.39, 0.29) is 50.7 Å². The number of hydrogen-bond donors (Lipinski definition) is 0. The Morgan fingerprint density at radius 3 is 1.16 bits per heavy atom. The Labute approximate surface area is 146 Å². The average molecular weight is 456 g/mol. The van der Waals surface area contributed by atoms with Crippen LogP contribution in [0.5, 0.6) is 0 Å². The first kappa shape index (κ1) is 20.7. The minimum atomic E-state index is 0. The first-order chi connectivity index (χ1) is 7.95. The Bertz CT molecular complexity index is 431. The summed E-state index contributed by atoms with van der Waals surface area (Å²) in [5, 5.41) is 0. The Hall–Kier alpha value is -0.630. The molecule has 0 aliphatic rings. The molecule has 98 valence electrons. The minimum absolute atomic E-state index is 0. The summed E-state index contributed by atoms with van der Waals surface area (Å²) >= 11 is 0. The fourth-order valence-corrected chi connectivity index (χ4v) is 1.46. The van der Waals surface area contributed by atoms with Crippen molar-refractivity contribution >= 4 is 12.2 Å². The number of halogens is 2. The van der Waals surface area contributed by atoms with Crippen molar-refractivity contribution in [1.82, 2.24) is 0 Å². The molecular weight excluding hydrogens is 442 g/mol. The zero-order chi connectivity index (χ0) is 11.1. The van der Waals surface area contributed by atoms with Crippen LogP contribution < -0.4 is 24.8 Å². The van der Waals surface area contributed by atoms with E-state index in [0.717, 1.165) is 0 Å². The van der Waals surface area contributed by atoms with Crippen LogP contribution in [0.25, 0.3) is 12.2 Å². The monoisotopic (exact) mass is 456 g/mol. The molecule has 0 spiro atoms. The van der Waals surface area contributed by atoms with E-state index in [0.29, 0.717) is 0 Å². The largest absolute Gasteiger partial charge is 1.00 e. The number of rotatable bonds is 3.